The van der Waals surface area contributed by atoms with E-state index in [-0.39, 0.29) is 0 Å². The topological polar surface area (TPSA) is 50.1 Å². The number of carbonyl (C=O) groups excluding carboxylic acids is 1. The van der Waals surface area contributed by atoms with E-state index in [1.807, 2.05) is 13.0 Å². The first-order valence-corrected chi connectivity index (χ1v) is 3.52. The van der Waals surface area contributed by atoms with Gasteiger partial charge in [-0.05, 0) is 13.3 Å². The van der Waals surface area contributed by atoms with Gasteiger partial charge in [0.25, 0.3) is 0 Å². The van der Waals surface area contributed by atoms with Gasteiger partial charge in [-0.15, -0.1) is 0 Å². The van der Waals surface area contributed by atoms with Crippen molar-refractivity contribution in [1.29, 1.82) is 5.26 Å². The predicted octanol–water partition coefficient (Wildman–Crippen LogP) is 1.41. The highest BCUT2D eigenvalue weighted by atomic mass is 16.5. The molecule has 0 N–H and O–H groups in total. The van der Waals surface area contributed by atoms with Gasteiger partial charge in [-0.25, -0.2) is 4.79 Å². The van der Waals surface area contributed by atoms with Crippen LogP contribution in [-0.4, -0.2) is 12.6 Å². The molecule has 0 amide bonds. The maximum absolute atomic E-state index is 10.7. The van der Waals surface area contributed by atoms with E-state index >= 15 is 0 Å². The zero-order valence-corrected chi connectivity index (χ0v) is 6.76. The second-order valence-electron chi connectivity index (χ2n) is 1.89. The van der Waals surface area contributed by atoms with Crippen molar-refractivity contribution in [2.75, 3.05) is 6.61 Å². The van der Waals surface area contributed by atoms with Crippen LogP contribution in [0.2, 0.25) is 0 Å². The Balaban J connectivity index is 4.07. The molecule has 0 aromatic heterocycles. The molecule has 60 valence electrons. The average Bonchev–Trinajstić information content (AvgIpc) is 2.01. The quantitative estimate of drug-likeness (QED) is 0.350. The average molecular weight is 153 g/mol. The fourth-order valence-electron chi connectivity index (χ4n) is 0.540. The third-order valence-corrected chi connectivity index (χ3v) is 1.10. The molecular formula is C8H11NO2. The van der Waals surface area contributed by atoms with Crippen LogP contribution in [0.5, 0.6) is 0 Å². The Hall–Kier alpha value is -1.30. The van der Waals surface area contributed by atoms with E-state index < -0.39 is 5.97 Å². The van der Waals surface area contributed by atoms with E-state index in [4.69, 9.17) is 5.26 Å². The highest BCUT2D eigenvalue weighted by molar-refractivity contribution is 5.83. The highest BCUT2D eigenvalue weighted by Crippen LogP contribution is 1.97. The van der Waals surface area contributed by atoms with E-state index in [2.05, 4.69) is 4.74 Å². The van der Waals surface area contributed by atoms with Crippen LogP contribution in [0.4, 0.5) is 0 Å². The van der Waals surface area contributed by atoms with Gasteiger partial charge < -0.3 is 4.74 Å². The van der Waals surface area contributed by atoms with Crippen molar-refractivity contribution < 1.29 is 9.53 Å². The number of allylic oxidation sites excluding steroid dienone is 1. The molecule has 0 saturated carbocycles. The Bertz CT molecular complexity index is 201. The molecule has 0 atom stereocenters. The molecule has 0 rings (SSSR count). The number of ether oxygens (including phenoxy) is 1. The summed E-state index contributed by atoms with van der Waals surface area (Å²) >= 11 is 0. The highest BCUT2D eigenvalue weighted by Gasteiger charge is 1.98. The normalized spacial score (nSPS) is 10.5. The first-order chi connectivity index (χ1) is 5.24. The second-order valence-corrected chi connectivity index (χ2v) is 1.89. The summed E-state index contributed by atoms with van der Waals surface area (Å²) in [6.07, 6.45) is 1.79. The fourth-order valence-corrected chi connectivity index (χ4v) is 0.540. The molecule has 0 fully saturated rings. The number of rotatable bonds is 3. The van der Waals surface area contributed by atoms with E-state index in [1.165, 1.54) is 6.08 Å². The minimum atomic E-state index is -0.439. The lowest BCUT2D eigenvalue weighted by Gasteiger charge is -1.95. The molecule has 0 radical (unpaired) electrons. The largest absolute Gasteiger partial charge is 0.463 e. The first-order valence-electron chi connectivity index (χ1n) is 3.52. The fraction of sp³-hybridized carbons (Fsp3) is 0.500. The lowest BCUT2D eigenvalue weighted by Crippen LogP contribution is -2.00. The molecule has 11 heavy (non-hydrogen) atoms. The van der Waals surface area contributed by atoms with Crippen LogP contribution >= 0.6 is 0 Å². The third kappa shape index (κ3) is 4.15. The van der Waals surface area contributed by atoms with Gasteiger partial charge in [-0.1, -0.05) is 6.92 Å². The van der Waals surface area contributed by atoms with Crippen LogP contribution < -0.4 is 0 Å². The van der Waals surface area contributed by atoms with E-state index in [0.29, 0.717) is 18.6 Å². The van der Waals surface area contributed by atoms with Gasteiger partial charge >= 0.3 is 5.97 Å². The zero-order valence-electron chi connectivity index (χ0n) is 6.76. The molecule has 0 aromatic carbocycles. The molecule has 0 spiro atoms. The Morgan fingerprint density at radius 2 is 2.27 bits per heavy atom. The monoisotopic (exact) mass is 153 g/mol. The van der Waals surface area contributed by atoms with Crippen molar-refractivity contribution in [2.45, 2.75) is 20.3 Å². The van der Waals surface area contributed by atoms with E-state index in [0.717, 1.165) is 0 Å². The van der Waals surface area contributed by atoms with Gasteiger partial charge in [0, 0.05) is 11.6 Å². The predicted molar refractivity (Wildman–Crippen MR) is 40.6 cm³/mol. The minimum Gasteiger partial charge on any atom is -0.463 e. The Labute approximate surface area is 66.3 Å². The Morgan fingerprint density at radius 1 is 1.64 bits per heavy atom. The minimum absolute atomic E-state index is 0.345. The van der Waals surface area contributed by atoms with Crippen LogP contribution in [0.25, 0.3) is 0 Å². The van der Waals surface area contributed by atoms with E-state index in [1.54, 1.807) is 6.92 Å². The number of hydrogen-bond acceptors (Lipinski definition) is 3. The summed E-state index contributed by atoms with van der Waals surface area (Å²) in [7, 11) is 0. The molecule has 3 heteroatoms. The number of nitrogens with zero attached hydrogens (tertiary/aromatic N) is 1. The molecule has 0 aliphatic heterocycles. The summed E-state index contributed by atoms with van der Waals surface area (Å²) in [6, 6.07) is 1.90. The maximum Gasteiger partial charge on any atom is 0.331 e. The lowest BCUT2D eigenvalue weighted by molar-refractivity contribution is -0.137. The number of esters is 1. The van der Waals surface area contributed by atoms with Crippen LogP contribution in [0.1, 0.15) is 20.3 Å². The van der Waals surface area contributed by atoms with Gasteiger partial charge in [-0.3, -0.25) is 0 Å². The zero-order chi connectivity index (χ0) is 8.69. The summed E-state index contributed by atoms with van der Waals surface area (Å²) in [5.74, 6) is -0.439. The van der Waals surface area contributed by atoms with Gasteiger partial charge in [-0.2, -0.15) is 5.26 Å². The summed E-state index contributed by atoms with van der Waals surface area (Å²) in [4.78, 5) is 10.7. The summed E-state index contributed by atoms with van der Waals surface area (Å²) < 4.78 is 4.61. The Morgan fingerprint density at radius 3 is 2.64 bits per heavy atom. The van der Waals surface area contributed by atoms with Crippen molar-refractivity contribution in [3.8, 4) is 6.07 Å². The van der Waals surface area contributed by atoms with Gasteiger partial charge in [0.05, 0.1) is 12.7 Å². The van der Waals surface area contributed by atoms with Crippen molar-refractivity contribution in [3.05, 3.63) is 11.6 Å². The molecule has 0 aliphatic rings. The molecule has 0 aliphatic carbocycles. The van der Waals surface area contributed by atoms with Crippen LogP contribution in [0.3, 0.4) is 0 Å². The number of hydrogen-bond donors (Lipinski definition) is 0. The molecule has 0 bridgehead atoms. The molecule has 0 saturated heterocycles. The van der Waals surface area contributed by atoms with Crippen LogP contribution in [0, 0.1) is 11.3 Å². The third-order valence-electron chi connectivity index (χ3n) is 1.10. The first kappa shape index (κ1) is 9.70. The smallest absolute Gasteiger partial charge is 0.331 e. The van der Waals surface area contributed by atoms with Gasteiger partial charge in [0.1, 0.15) is 0 Å². The number of carbonyl (C=O) groups is 1. The van der Waals surface area contributed by atoms with Crippen LogP contribution in [0.15, 0.2) is 11.6 Å². The molecule has 3 nitrogen and oxygen atoms in total. The van der Waals surface area contributed by atoms with Crippen molar-refractivity contribution in [2.24, 2.45) is 0 Å². The Kier molecular flexibility index (Phi) is 4.83. The molecule has 0 heterocycles. The molecule has 0 aromatic rings. The SMILES string of the molecule is CCOC(=O)/C=C(/C#N)CC. The van der Waals surface area contributed by atoms with Crippen molar-refractivity contribution in [3.63, 3.8) is 0 Å². The van der Waals surface area contributed by atoms with E-state index in [9.17, 15) is 4.79 Å². The maximum atomic E-state index is 10.7. The van der Waals surface area contributed by atoms with Crippen molar-refractivity contribution in [1.82, 2.24) is 0 Å². The summed E-state index contributed by atoms with van der Waals surface area (Å²) in [5, 5.41) is 8.42. The summed E-state index contributed by atoms with van der Waals surface area (Å²) in [5.41, 5.74) is 0.448. The molecular weight excluding hydrogens is 142 g/mol. The summed E-state index contributed by atoms with van der Waals surface area (Å²) in [6.45, 7) is 3.88. The second kappa shape index (κ2) is 5.48. The van der Waals surface area contributed by atoms with Crippen LogP contribution in [-0.2, 0) is 9.53 Å². The molecule has 0 unspecified atom stereocenters. The van der Waals surface area contributed by atoms with Crippen molar-refractivity contribution >= 4 is 5.97 Å². The van der Waals surface area contributed by atoms with Gasteiger partial charge in [0.2, 0.25) is 0 Å². The standard InChI is InChI=1S/C8H11NO2/c1-3-7(6-9)5-8(10)11-4-2/h5H,3-4H2,1-2H3/b7-5+. The van der Waals surface area contributed by atoms with Gasteiger partial charge in [0.15, 0.2) is 0 Å². The number of nitriles is 1. The lowest BCUT2D eigenvalue weighted by atomic mass is 10.2.